The van der Waals surface area contributed by atoms with Crippen LogP contribution in [0, 0.1) is 10.1 Å². The van der Waals surface area contributed by atoms with Crippen molar-refractivity contribution in [3.8, 4) is 0 Å². The van der Waals surface area contributed by atoms with Crippen molar-refractivity contribution >= 4 is 51.9 Å². The maximum atomic E-state index is 12.2. The molecule has 0 saturated carbocycles. The topological polar surface area (TPSA) is 125 Å². The van der Waals surface area contributed by atoms with Gasteiger partial charge in [0.25, 0.3) is 11.6 Å². The zero-order valence-corrected chi connectivity index (χ0v) is 19.0. The van der Waals surface area contributed by atoms with E-state index in [0.717, 1.165) is 5.56 Å². The zero-order chi connectivity index (χ0) is 24.1. The Bertz CT molecular complexity index is 1270. The van der Waals surface area contributed by atoms with Gasteiger partial charge < -0.3 is 14.1 Å². The number of carbonyl (C=O) groups is 2. The number of esters is 1. The van der Waals surface area contributed by atoms with Crippen molar-refractivity contribution in [2.45, 2.75) is 25.9 Å². The third-order valence-corrected chi connectivity index (χ3v) is 5.55. The van der Waals surface area contributed by atoms with E-state index in [9.17, 15) is 24.5 Å². The van der Waals surface area contributed by atoms with Gasteiger partial charge in [-0.25, -0.2) is 4.79 Å². The number of rotatable bonds is 9. The van der Waals surface area contributed by atoms with E-state index in [1.54, 1.807) is 25.2 Å². The summed E-state index contributed by atoms with van der Waals surface area (Å²) in [4.78, 5) is 47.9. The molecule has 3 rings (SSSR count). The lowest BCUT2D eigenvalue weighted by Crippen LogP contribution is -2.30. The summed E-state index contributed by atoms with van der Waals surface area (Å²) in [6, 6.07) is 8.87. The number of oxazole rings is 1. The summed E-state index contributed by atoms with van der Waals surface area (Å²) in [5.74, 6) is -1.67. The third-order valence-electron chi connectivity index (χ3n) is 4.81. The molecule has 2 aromatic carbocycles. The van der Waals surface area contributed by atoms with Gasteiger partial charge in [0, 0.05) is 32.6 Å². The van der Waals surface area contributed by atoms with Crippen LogP contribution in [-0.2, 0) is 27.4 Å². The molecule has 174 valence electrons. The highest BCUT2D eigenvalue weighted by molar-refractivity contribution is 6.42. The summed E-state index contributed by atoms with van der Waals surface area (Å²) in [6.45, 7) is -0.0131. The first-order valence-corrected chi connectivity index (χ1v) is 10.5. The number of halogens is 2. The number of fused-ring (bicyclic) bond motifs is 1. The second-order valence-corrected chi connectivity index (χ2v) is 8.01. The Morgan fingerprint density at radius 3 is 2.64 bits per heavy atom. The Morgan fingerprint density at radius 1 is 1.18 bits per heavy atom. The minimum absolute atomic E-state index is 0.0319. The molecule has 1 amide bonds. The molecule has 12 heteroatoms. The Labute approximate surface area is 197 Å². The van der Waals surface area contributed by atoms with Crippen LogP contribution in [0.5, 0.6) is 0 Å². The maximum Gasteiger partial charge on any atom is 0.419 e. The lowest BCUT2D eigenvalue weighted by molar-refractivity contribution is -0.384. The van der Waals surface area contributed by atoms with Gasteiger partial charge in [0.2, 0.25) is 0 Å². The number of non-ortho nitro benzene ring substituents is 1. The molecular formula is C21H19Cl2N3O7. The fourth-order valence-corrected chi connectivity index (χ4v) is 3.41. The summed E-state index contributed by atoms with van der Waals surface area (Å²) < 4.78 is 11.3. The number of nitro benzene ring substituents is 1. The molecule has 0 spiro atoms. The number of benzene rings is 2. The first kappa shape index (κ1) is 24.3. The summed E-state index contributed by atoms with van der Waals surface area (Å²) in [7, 11) is 1.57. The molecule has 1 heterocycles. The van der Waals surface area contributed by atoms with Gasteiger partial charge in [0.05, 0.1) is 26.6 Å². The standard InChI is InChI=1S/C21H19Cl2N3O7/c1-24(11-13-4-6-15(22)16(23)9-13)19(27)12-32-20(28)3-2-8-25-17-7-5-14(26(30)31)10-18(17)33-21(25)29/h4-7,9-10H,2-3,8,11-12H2,1H3. The van der Waals surface area contributed by atoms with Gasteiger partial charge >= 0.3 is 11.7 Å². The number of nitrogens with zero attached hydrogens (tertiary/aromatic N) is 3. The molecule has 0 fully saturated rings. The van der Waals surface area contributed by atoms with E-state index in [-0.39, 0.29) is 37.2 Å². The lowest BCUT2D eigenvalue weighted by Gasteiger charge is -2.17. The summed E-state index contributed by atoms with van der Waals surface area (Å²) in [5.41, 5.74) is 1.06. The van der Waals surface area contributed by atoms with Crippen LogP contribution in [0.4, 0.5) is 5.69 Å². The molecule has 1 aromatic heterocycles. The second kappa shape index (κ2) is 10.5. The Hall–Kier alpha value is -3.37. The van der Waals surface area contributed by atoms with Crippen molar-refractivity contribution in [1.82, 2.24) is 9.47 Å². The first-order valence-electron chi connectivity index (χ1n) is 9.77. The minimum atomic E-state index is -0.682. The van der Waals surface area contributed by atoms with Crippen molar-refractivity contribution in [3.63, 3.8) is 0 Å². The van der Waals surface area contributed by atoms with Crippen molar-refractivity contribution in [2.24, 2.45) is 0 Å². The van der Waals surface area contributed by atoms with Crippen LogP contribution >= 0.6 is 23.2 Å². The van der Waals surface area contributed by atoms with Crippen LogP contribution in [-0.4, -0.2) is 39.9 Å². The zero-order valence-electron chi connectivity index (χ0n) is 17.5. The van der Waals surface area contributed by atoms with E-state index >= 15 is 0 Å². The van der Waals surface area contributed by atoms with Crippen LogP contribution < -0.4 is 5.76 Å². The van der Waals surface area contributed by atoms with Gasteiger partial charge in [-0.3, -0.25) is 24.3 Å². The van der Waals surface area contributed by atoms with E-state index in [1.165, 1.54) is 27.7 Å². The Balaban J connectivity index is 1.47. The number of nitro groups is 1. The number of amides is 1. The summed E-state index contributed by atoms with van der Waals surface area (Å²) in [6.07, 6.45) is 0.216. The lowest BCUT2D eigenvalue weighted by atomic mass is 10.2. The van der Waals surface area contributed by atoms with Gasteiger partial charge in [0.1, 0.15) is 0 Å². The predicted molar refractivity (Wildman–Crippen MR) is 120 cm³/mol. The van der Waals surface area contributed by atoms with Crippen LogP contribution in [0.2, 0.25) is 10.0 Å². The predicted octanol–water partition coefficient (Wildman–Crippen LogP) is 3.79. The molecule has 0 aliphatic carbocycles. The molecule has 0 N–H and O–H groups in total. The number of carbonyl (C=O) groups excluding carboxylic acids is 2. The van der Waals surface area contributed by atoms with E-state index < -0.39 is 29.2 Å². The van der Waals surface area contributed by atoms with Crippen molar-refractivity contribution in [3.05, 3.63) is 72.7 Å². The molecule has 33 heavy (non-hydrogen) atoms. The smallest absolute Gasteiger partial charge is 0.419 e. The normalized spacial score (nSPS) is 10.9. The highest BCUT2D eigenvalue weighted by Crippen LogP contribution is 2.23. The van der Waals surface area contributed by atoms with Gasteiger partial charge in [-0.2, -0.15) is 0 Å². The van der Waals surface area contributed by atoms with Crippen LogP contribution in [0.1, 0.15) is 18.4 Å². The molecule has 10 nitrogen and oxygen atoms in total. The average molecular weight is 496 g/mol. The summed E-state index contributed by atoms with van der Waals surface area (Å²) in [5, 5.41) is 11.6. The van der Waals surface area contributed by atoms with Crippen molar-refractivity contribution in [2.75, 3.05) is 13.7 Å². The largest absolute Gasteiger partial charge is 0.456 e. The number of ether oxygens (including phenoxy) is 1. The van der Waals surface area contributed by atoms with Gasteiger partial charge in [-0.1, -0.05) is 29.3 Å². The monoisotopic (exact) mass is 495 g/mol. The second-order valence-electron chi connectivity index (χ2n) is 7.19. The molecule has 0 bridgehead atoms. The van der Waals surface area contributed by atoms with Crippen LogP contribution in [0.15, 0.2) is 45.6 Å². The molecular weight excluding hydrogens is 477 g/mol. The average Bonchev–Trinajstić information content (AvgIpc) is 3.08. The first-order chi connectivity index (χ1) is 15.7. The Morgan fingerprint density at radius 2 is 1.94 bits per heavy atom. The minimum Gasteiger partial charge on any atom is -0.456 e. The van der Waals surface area contributed by atoms with E-state index in [1.807, 2.05) is 0 Å². The SMILES string of the molecule is CN(Cc1ccc(Cl)c(Cl)c1)C(=O)COC(=O)CCCn1c(=O)oc2cc([N+](=O)[O-])ccc21. The molecule has 0 aliphatic heterocycles. The van der Waals surface area contributed by atoms with E-state index in [2.05, 4.69) is 0 Å². The van der Waals surface area contributed by atoms with Crippen molar-refractivity contribution < 1.29 is 23.7 Å². The van der Waals surface area contributed by atoms with Crippen LogP contribution in [0.25, 0.3) is 11.1 Å². The number of aryl methyl sites for hydroxylation is 1. The molecule has 3 aromatic rings. The number of aromatic nitrogens is 1. The fraction of sp³-hybridized carbons (Fsp3) is 0.286. The van der Waals surface area contributed by atoms with Crippen LogP contribution in [0.3, 0.4) is 0 Å². The third kappa shape index (κ3) is 6.11. The molecule has 0 radical (unpaired) electrons. The molecule has 0 aliphatic rings. The highest BCUT2D eigenvalue weighted by Gasteiger charge is 2.16. The molecule has 0 unspecified atom stereocenters. The van der Waals surface area contributed by atoms with Crippen molar-refractivity contribution in [1.29, 1.82) is 0 Å². The maximum absolute atomic E-state index is 12.2. The Kier molecular flexibility index (Phi) is 7.72. The van der Waals surface area contributed by atoms with Gasteiger partial charge in [0.15, 0.2) is 12.2 Å². The number of hydrogen-bond acceptors (Lipinski definition) is 7. The molecule has 0 atom stereocenters. The van der Waals surface area contributed by atoms with Gasteiger partial charge in [-0.15, -0.1) is 0 Å². The highest BCUT2D eigenvalue weighted by atomic mass is 35.5. The fourth-order valence-electron chi connectivity index (χ4n) is 3.09. The van der Waals surface area contributed by atoms with E-state index in [4.69, 9.17) is 32.4 Å². The quantitative estimate of drug-likeness (QED) is 0.251. The number of likely N-dealkylation sites (N-methyl/N-ethyl adjacent to an activating group) is 1. The van der Waals surface area contributed by atoms with E-state index in [0.29, 0.717) is 15.6 Å². The van der Waals surface area contributed by atoms with Gasteiger partial charge in [-0.05, 0) is 30.2 Å². The molecule has 0 saturated heterocycles. The number of hydrogen-bond donors (Lipinski definition) is 0. The summed E-state index contributed by atoms with van der Waals surface area (Å²) >= 11 is 11.8.